The molecular formula is C50H93N2O6P. The Bertz CT molecular complexity index is 1140. The average Bonchev–Trinajstić information content (AvgIpc) is 3.19. The highest BCUT2D eigenvalue weighted by molar-refractivity contribution is 7.45. The predicted octanol–water partition coefficient (Wildman–Crippen LogP) is 13.2. The van der Waals surface area contributed by atoms with Crippen molar-refractivity contribution in [3.8, 4) is 0 Å². The maximum absolute atomic E-state index is 12.9. The zero-order valence-electron chi connectivity index (χ0n) is 38.9. The average molecular weight is 849 g/mol. The van der Waals surface area contributed by atoms with E-state index >= 15 is 0 Å². The van der Waals surface area contributed by atoms with Gasteiger partial charge in [0, 0.05) is 6.42 Å². The maximum atomic E-state index is 12.9. The number of unbranched alkanes of at least 4 members (excludes halogenated alkanes) is 22. The number of carbonyl (C=O) groups excluding carboxylic acids is 1. The van der Waals surface area contributed by atoms with Gasteiger partial charge in [-0.1, -0.05) is 197 Å². The van der Waals surface area contributed by atoms with Crippen molar-refractivity contribution in [1.82, 2.24) is 5.32 Å². The number of amides is 1. The lowest BCUT2D eigenvalue weighted by atomic mass is 10.0. The van der Waals surface area contributed by atoms with Gasteiger partial charge in [0.2, 0.25) is 5.91 Å². The minimum Gasteiger partial charge on any atom is -0.756 e. The molecule has 59 heavy (non-hydrogen) atoms. The van der Waals surface area contributed by atoms with E-state index in [-0.39, 0.29) is 19.1 Å². The smallest absolute Gasteiger partial charge is 0.268 e. The molecule has 0 bridgehead atoms. The number of phosphoric acid groups is 1. The van der Waals surface area contributed by atoms with E-state index in [0.717, 1.165) is 64.2 Å². The molecule has 0 aromatic carbocycles. The van der Waals surface area contributed by atoms with Gasteiger partial charge in [-0.25, -0.2) is 0 Å². The van der Waals surface area contributed by atoms with Gasteiger partial charge in [0.15, 0.2) is 0 Å². The molecule has 0 saturated heterocycles. The molecule has 0 rings (SSSR count). The number of nitrogens with zero attached hydrogens (tertiary/aromatic N) is 1. The molecule has 0 spiro atoms. The van der Waals surface area contributed by atoms with E-state index in [1.807, 2.05) is 27.2 Å². The Balaban J connectivity index is 4.24. The number of allylic oxidation sites excluding steroid dienone is 9. The van der Waals surface area contributed by atoms with Crippen LogP contribution in [0.25, 0.3) is 0 Å². The van der Waals surface area contributed by atoms with E-state index in [1.54, 1.807) is 6.08 Å². The van der Waals surface area contributed by atoms with Crippen molar-refractivity contribution in [1.29, 1.82) is 0 Å². The van der Waals surface area contributed by atoms with Gasteiger partial charge in [0.25, 0.3) is 7.82 Å². The Hall–Kier alpha value is -1.80. The summed E-state index contributed by atoms with van der Waals surface area (Å²) in [6.07, 6.45) is 54.1. The van der Waals surface area contributed by atoms with E-state index in [0.29, 0.717) is 17.4 Å². The van der Waals surface area contributed by atoms with E-state index < -0.39 is 20.0 Å². The third-order valence-corrected chi connectivity index (χ3v) is 11.4. The first-order chi connectivity index (χ1) is 28.5. The second-order valence-electron chi connectivity index (χ2n) is 17.4. The number of hydrogen-bond acceptors (Lipinski definition) is 6. The van der Waals surface area contributed by atoms with Crippen molar-refractivity contribution < 1.29 is 32.9 Å². The van der Waals surface area contributed by atoms with Gasteiger partial charge in [-0.15, -0.1) is 0 Å². The van der Waals surface area contributed by atoms with Crippen LogP contribution in [0, 0.1) is 0 Å². The topological polar surface area (TPSA) is 108 Å². The number of hydrogen-bond donors (Lipinski definition) is 2. The first-order valence-electron chi connectivity index (χ1n) is 24.2. The first-order valence-corrected chi connectivity index (χ1v) is 25.6. The molecule has 0 radical (unpaired) electrons. The summed E-state index contributed by atoms with van der Waals surface area (Å²) in [5, 5.41) is 13.8. The van der Waals surface area contributed by atoms with Crippen LogP contribution < -0.4 is 10.2 Å². The highest BCUT2D eigenvalue weighted by atomic mass is 31.2. The quantitative estimate of drug-likeness (QED) is 0.0274. The lowest BCUT2D eigenvalue weighted by molar-refractivity contribution is -0.870. The summed E-state index contributed by atoms with van der Waals surface area (Å²) >= 11 is 0. The molecule has 9 heteroatoms. The second-order valence-corrected chi connectivity index (χ2v) is 18.8. The van der Waals surface area contributed by atoms with Crippen LogP contribution in [0.3, 0.4) is 0 Å². The highest BCUT2D eigenvalue weighted by Gasteiger charge is 2.23. The summed E-state index contributed by atoms with van der Waals surface area (Å²) in [5.74, 6) is -0.203. The lowest BCUT2D eigenvalue weighted by Gasteiger charge is -2.29. The van der Waals surface area contributed by atoms with Crippen LogP contribution in [-0.2, 0) is 18.4 Å². The van der Waals surface area contributed by atoms with Gasteiger partial charge in [-0.3, -0.25) is 9.36 Å². The molecule has 8 nitrogen and oxygen atoms in total. The highest BCUT2D eigenvalue weighted by Crippen LogP contribution is 2.38. The summed E-state index contributed by atoms with van der Waals surface area (Å²) in [6, 6.07) is -0.888. The molecule has 3 atom stereocenters. The predicted molar refractivity (Wildman–Crippen MR) is 251 cm³/mol. The Morgan fingerprint density at radius 1 is 0.610 bits per heavy atom. The fraction of sp³-hybridized carbons (Fsp3) is 0.780. The Morgan fingerprint density at radius 2 is 1.03 bits per heavy atom. The molecule has 1 amide bonds. The van der Waals surface area contributed by atoms with Crippen molar-refractivity contribution in [2.45, 2.75) is 212 Å². The molecule has 0 aromatic heterocycles. The number of nitrogens with one attached hydrogen (secondary N) is 1. The molecule has 0 fully saturated rings. The maximum Gasteiger partial charge on any atom is 0.268 e. The summed E-state index contributed by atoms with van der Waals surface area (Å²) in [4.78, 5) is 25.3. The van der Waals surface area contributed by atoms with E-state index in [1.165, 1.54) is 116 Å². The minimum atomic E-state index is -4.59. The summed E-state index contributed by atoms with van der Waals surface area (Å²) in [6.45, 7) is 4.52. The molecule has 0 saturated carbocycles. The second kappa shape index (κ2) is 41.5. The fourth-order valence-corrected chi connectivity index (χ4v) is 7.40. The monoisotopic (exact) mass is 849 g/mol. The molecule has 3 unspecified atom stereocenters. The van der Waals surface area contributed by atoms with E-state index in [9.17, 15) is 19.4 Å². The van der Waals surface area contributed by atoms with Crippen LogP contribution in [0.15, 0.2) is 60.8 Å². The Labute approximate surface area is 364 Å². The summed E-state index contributed by atoms with van der Waals surface area (Å²) in [5.41, 5.74) is 0. The van der Waals surface area contributed by atoms with Gasteiger partial charge >= 0.3 is 0 Å². The zero-order valence-corrected chi connectivity index (χ0v) is 39.8. The van der Waals surface area contributed by atoms with Crippen LogP contribution >= 0.6 is 7.82 Å². The normalized spacial score (nSPS) is 14.8. The minimum absolute atomic E-state index is 0.00315. The molecule has 0 aliphatic heterocycles. The van der Waals surface area contributed by atoms with Crippen molar-refractivity contribution in [3.63, 3.8) is 0 Å². The summed E-state index contributed by atoms with van der Waals surface area (Å²) < 4.78 is 23.2. The van der Waals surface area contributed by atoms with Crippen molar-refractivity contribution >= 4 is 13.7 Å². The molecule has 0 aromatic rings. The molecule has 2 N–H and O–H groups in total. The number of phosphoric ester groups is 1. The number of quaternary nitrogens is 1. The van der Waals surface area contributed by atoms with Gasteiger partial charge < -0.3 is 28.8 Å². The Morgan fingerprint density at radius 3 is 1.51 bits per heavy atom. The number of likely N-dealkylation sites (N-methyl/N-ethyl adjacent to an activating group) is 1. The van der Waals surface area contributed by atoms with Crippen molar-refractivity contribution in [3.05, 3.63) is 60.8 Å². The van der Waals surface area contributed by atoms with Crippen LogP contribution in [0.1, 0.15) is 200 Å². The number of carbonyl (C=O) groups is 1. The van der Waals surface area contributed by atoms with E-state index in [4.69, 9.17) is 9.05 Å². The van der Waals surface area contributed by atoms with Crippen molar-refractivity contribution in [2.24, 2.45) is 0 Å². The van der Waals surface area contributed by atoms with Crippen LogP contribution in [0.2, 0.25) is 0 Å². The van der Waals surface area contributed by atoms with E-state index in [2.05, 4.69) is 67.8 Å². The van der Waals surface area contributed by atoms with Crippen LogP contribution in [0.4, 0.5) is 0 Å². The molecule has 0 aliphatic rings. The number of aliphatic hydroxyl groups excluding tert-OH is 1. The van der Waals surface area contributed by atoms with Crippen LogP contribution in [0.5, 0.6) is 0 Å². The molecule has 344 valence electrons. The number of rotatable bonds is 43. The fourth-order valence-electron chi connectivity index (χ4n) is 6.67. The molecule has 0 heterocycles. The van der Waals surface area contributed by atoms with Gasteiger partial charge in [-0.05, 0) is 57.8 Å². The molecular weight excluding hydrogens is 756 g/mol. The third-order valence-electron chi connectivity index (χ3n) is 10.5. The lowest BCUT2D eigenvalue weighted by Crippen LogP contribution is -2.45. The van der Waals surface area contributed by atoms with Gasteiger partial charge in [0.05, 0.1) is 39.9 Å². The Kier molecular flexibility index (Phi) is 40.3. The van der Waals surface area contributed by atoms with Gasteiger partial charge in [-0.2, -0.15) is 0 Å². The number of aliphatic hydroxyl groups is 1. The largest absolute Gasteiger partial charge is 0.756 e. The van der Waals surface area contributed by atoms with Gasteiger partial charge in [0.1, 0.15) is 13.2 Å². The SMILES string of the molecule is CC/C=C\C/C=C\C/C=C\C/C=C\CCCCCCCCCCCCCCC(=O)NC(COP(=O)([O-])OCC[N+](C)(C)C)C(O)/C=C/CCCCCCCCCCCC. The first kappa shape index (κ1) is 57.2. The zero-order chi connectivity index (χ0) is 43.6. The standard InChI is InChI=1S/C50H93N2O6P/c1-6-8-10-12-14-16-18-20-21-22-23-24-25-26-27-28-29-30-31-32-34-36-38-40-42-44-50(54)51-48(47-58-59(55,56)57-46-45-52(3,4)5)49(53)43-41-39-37-35-33-19-17-15-13-11-9-7-2/h8,10,14,16,20-21,23-24,41,43,48-49,53H,6-7,9,11-13,15,17-19,22,25-40,42,44-47H2,1-5H3,(H-,51,54,55,56)/b10-8-,16-14-,21-20-,24-23-,43-41+. The summed E-state index contributed by atoms with van der Waals surface area (Å²) in [7, 11) is 1.25. The van der Waals surface area contributed by atoms with Crippen LogP contribution in [-0.4, -0.2) is 68.5 Å². The van der Waals surface area contributed by atoms with Crippen molar-refractivity contribution in [2.75, 3.05) is 40.9 Å². The molecule has 0 aliphatic carbocycles. The third kappa shape index (κ3) is 44.1.